The maximum atomic E-state index is 5.98. The third-order valence-corrected chi connectivity index (χ3v) is 3.83. The van der Waals surface area contributed by atoms with Crippen molar-refractivity contribution < 1.29 is 9.47 Å². The minimum absolute atomic E-state index is 0.0528. The molecule has 0 saturated carbocycles. The van der Waals surface area contributed by atoms with Gasteiger partial charge in [0.05, 0.1) is 17.2 Å². The van der Waals surface area contributed by atoms with Crippen LogP contribution in [0.15, 0.2) is 36.4 Å². The summed E-state index contributed by atoms with van der Waals surface area (Å²) in [5, 5.41) is 1.04. The normalized spacial score (nSPS) is 12.0. The van der Waals surface area contributed by atoms with Crippen molar-refractivity contribution in [1.82, 2.24) is 0 Å². The molecule has 2 aromatic rings. The molecule has 3 nitrogen and oxygen atoms in total. The molecule has 2 rings (SSSR count). The van der Waals surface area contributed by atoms with E-state index < -0.39 is 0 Å². The highest BCUT2D eigenvalue weighted by molar-refractivity contribution is 6.42. The fraction of sp³-hybridized carbons (Fsp3) is 0.250. The van der Waals surface area contributed by atoms with E-state index in [4.69, 9.17) is 38.4 Å². The van der Waals surface area contributed by atoms with Gasteiger partial charge in [-0.25, -0.2) is 0 Å². The second kappa shape index (κ2) is 7.03. The van der Waals surface area contributed by atoms with Crippen LogP contribution in [-0.4, -0.2) is 7.11 Å². The zero-order chi connectivity index (χ0) is 15.4. The zero-order valence-corrected chi connectivity index (χ0v) is 13.4. The SMILES string of the molecule is COc1cc([C@@H](C)N)ccc1OCc1ccc(Cl)c(Cl)c1. The third-order valence-electron chi connectivity index (χ3n) is 3.09. The van der Waals surface area contributed by atoms with Crippen LogP contribution in [0, 0.1) is 0 Å². The fourth-order valence-corrected chi connectivity index (χ4v) is 2.20. The van der Waals surface area contributed by atoms with Crippen molar-refractivity contribution in [3.63, 3.8) is 0 Å². The van der Waals surface area contributed by atoms with Crippen molar-refractivity contribution in [2.75, 3.05) is 7.11 Å². The van der Waals surface area contributed by atoms with Crippen LogP contribution in [0.5, 0.6) is 11.5 Å². The number of nitrogens with two attached hydrogens (primary N) is 1. The predicted molar refractivity (Wildman–Crippen MR) is 86.4 cm³/mol. The molecule has 0 amide bonds. The Bertz CT molecular complexity index is 630. The van der Waals surface area contributed by atoms with Gasteiger partial charge in [-0.15, -0.1) is 0 Å². The number of hydrogen-bond donors (Lipinski definition) is 1. The molecule has 0 radical (unpaired) electrons. The standard InChI is InChI=1S/C16H17Cl2NO2/c1-10(19)12-4-6-15(16(8-12)20-2)21-9-11-3-5-13(17)14(18)7-11/h3-8,10H,9,19H2,1-2H3/t10-/m1/s1. The summed E-state index contributed by atoms with van der Waals surface area (Å²) >= 11 is 11.9. The van der Waals surface area contributed by atoms with Gasteiger partial charge in [-0.05, 0) is 42.3 Å². The Kier molecular flexibility index (Phi) is 5.34. The first-order valence-electron chi connectivity index (χ1n) is 6.51. The first kappa shape index (κ1) is 16.0. The molecule has 0 fully saturated rings. The van der Waals surface area contributed by atoms with Gasteiger partial charge < -0.3 is 15.2 Å². The fourth-order valence-electron chi connectivity index (χ4n) is 1.88. The molecule has 0 unspecified atom stereocenters. The van der Waals surface area contributed by atoms with Gasteiger partial charge in [0.25, 0.3) is 0 Å². The lowest BCUT2D eigenvalue weighted by atomic mass is 10.1. The second-order valence-electron chi connectivity index (χ2n) is 4.74. The van der Waals surface area contributed by atoms with Crippen LogP contribution in [0.2, 0.25) is 10.0 Å². The summed E-state index contributed by atoms with van der Waals surface area (Å²) in [6.45, 7) is 2.30. The van der Waals surface area contributed by atoms with Crippen LogP contribution in [0.1, 0.15) is 24.1 Å². The lowest BCUT2D eigenvalue weighted by molar-refractivity contribution is 0.284. The van der Waals surface area contributed by atoms with Crippen molar-refractivity contribution in [2.45, 2.75) is 19.6 Å². The summed E-state index contributed by atoms with van der Waals surface area (Å²) in [7, 11) is 1.60. The maximum Gasteiger partial charge on any atom is 0.161 e. The van der Waals surface area contributed by atoms with Gasteiger partial charge in [0.2, 0.25) is 0 Å². The smallest absolute Gasteiger partial charge is 0.161 e. The van der Waals surface area contributed by atoms with Gasteiger partial charge in [0.1, 0.15) is 6.61 Å². The van der Waals surface area contributed by atoms with E-state index in [-0.39, 0.29) is 6.04 Å². The van der Waals surface area contributed by atoms with E-state index in [1.165, 1.54) is 0 Å². The monoisotopic (exact) mass is 325 g/mol. The van der Waals surface area contributed by atoms with Gasteiger partial charge >= 0.3 is 0 Å². The Morgan fingerprint density at radius 3 is 2.43 bits per heavy atom. The highest BCUT2D eigenvalue weighted by Gasteiger charge is 2.09. The molecule has 2 aromatic carbocycles. The molecule has 0 aliphatic rings. The number of methoxy groups -OCH3 is 1. The van der Waals surface area contributed by atoms with E-state index in [1.807, 2.05) is 31.2 Å². The topological polar surface area (TPSA) is 44.5 Å². The molecule has 2 N–H and O–H groups in total. The number of benzene rings is 2. The van der Waals surface area contributed by atoms with Crippen molar-refractivity contribution in [2.24, 2.45) is 5.73 Å². The molecule has 0 spiro atoms. The quantitative estimate of drug-likeness (QED) is 0.873. The number of hydrogen-bond acceptors (Lipinski definition) is 3. The van der Waals surface area contributed by atoms with Gasteiger partial charge in [-0.1, -0.05) is 35.3 Å². The minimum atomic E-state index is -0.0528. The third kappa shape index (κ3) is 4.03. The Labute approximate surface area is 134 Å². The lowest BCUT2D eigenvalue weighted by Crippen LogP contribution is -2.05. The Balaban J connectivity index is 2.13. The average Bonchev–Trinajstić information content (AvgIpc) is 2.48. The van der Waals surface area contributed by atoms with Crippen LogP contribution in [0.4, 0.5) is 0 Å². The van der Waals surface area contributed by atoms with Crippen molar-refractivity contribution >= 4 is 23.2 Å². The number of rotatable bonds is 5. The van der Waals surface area contributed by atoms with Crippen LogP contribution in [0.25, 0.3) is 0 Å². The predicted octanol–water partition coefficient (Wildman–Crippen LogP) is 4.60. The van der Waals surface area contributed by atoms with E-state index in [2.05, 4.69) is 0 Å². The average molecular weight is 326 g/mol. The van der Waals surface area contributed by atoms with Crippen LogP contribution >= 0.6 is 23.2 Å². The minimum Gasteiger partial charge on any atom is -0.493 e. The van der Waals surface area contributed by atoms with Crippen LogP contribution in [-0.2, 0) is 6.61 Å². The molecule has 0 heterocycles. The van der Waals surface area contributed by atoms with E-state index in [1.54, 1.807) is 19.2 Å². The molecule has 112 valence electrons. The molecular weight excluding hydrogens is 309 g/mol. The maximum absolute atomic E-state index is 5.98. The Morgan fingerprint density at radius 1 is 1.05 bits per heavy atom. The first-order chi connectivity index (χ1) is 10.0. The summed E-state index contributed by atoms with van der Waals surface area (Å²) in [4.78, 5) is 0. The molecule has 21 heavy (non-hydrogen) atoms. The van der Waals surface area contributed by atoms with Crippen molar-refractivity contribution in [3.05, 3.63) is 57.6 Å². The summed E-state index contributed by atoms with van der Waals surface area (Å²) in [5.74, 6) is 1.32. The molecule has 0 aromatic heterocycles. The second-order valence-corrected chi connectivity index (χ2v) is 5.55. The van der Waals surface area contributed by atoms with Crippen molar-refractivity contribution in [1.29, 1.82) is 0 Å². The molecule has 0 aliphatic carbocycles. The zero-order valence-electron chi connectivity index (χ0n) is 11.9. The van der Waals surface area contributed by atoms with E-state index in [9.17, 15) is 0 Å². The highest BCUT2D eigenvalue weighted by atomic mass is 35.5. The molecule has 1 atom stereocenters. The first-order valence-corrected chi connectivity index (χ1v) is 7.27. The van der Waals surface area contributed by atoms with E-state index in [0.717, 1.165) is 11.1 Å². The summed E-state index contributed by atoms with van der Waals surface area (Å²) < 4.78 is 11.1. The van der Waals surface area contributed by atoms with Crippen molar-refractivity contribution in [3.8, 4) is 11.5 Å². The number of halogens is 2. The number of ether oxygens (including phenoxy) is 2. The van der Waals surface area contributed by atoms with E-state index >= 15 is 0 Å². The Morgan fingerprint density at radius 2 is 1.81 bits per heavy atom. The molecule has 0 aliphatic heterocycles. The van der Waals surface area contributed by atoms with Gasteiger partial charge in [0.15, 0.2) is 11.5 Å². The van der Waals surface area contributed by atoms with Gasteiger partial charge in [0, 0.05) is 6.04 Å². The molecular formula is C16H17Cl2NO2. The molecule has 0 bridgehead atoms. The summed E-state index contributed by atoms with van der Waals surface area (Å²) in [6.07, 6.45) is 0. The van der Waals surface area contributed by atoms with E-state index in [0.29, 0.717) is 28.2 Å². The van der Waals surface area contributed by atoms with Gasteiger partial charge in [-0.3, -0.25) is 0 Å². The molecule has 0 saturated heterocycles. The summed E-state index contributed by atoms with van der Waals surface area (Å²) in [5.41, 5.74) is 7.79. The lowest BCUT2D eigenvalue weighted by Gasteiger charge is -2.14. The highest BCUT2D eigenvalue weighted by Crippen LogP contribution is 2.31. The van der Waals surface area contributed by atoms with Crippen LogP contribution in [0.3, 0.4) is 0 Å². The largest absolute Gasteiger partial charge is 0.493 e. The Hall–Kier alpha value is -1.42. The van der Waals surface area contributed by atoms with Gasteiger partial charge in [-0.2, -0.15) is 0 Å². The summed E-state index contributed by atoms with van der Waals surface area (Å²) in [6, 6.07) is 11.0. The molecule has 5 heteroatoms. The van der Waals surface area contributed by atoms with Crippen LogP contribution < -0.4 is 15.2 Å².